The van der Waals surface area contributed by atoms with Crippen molar-refractivity contribution in [1.82, 2.24) is 0 Å². The lowest BCUT2D eigenvalue weighted by atomic mass is 9.99. The summed E-state index contributed by atoms with van der Waals surface area (Å²) in [7, 11) is 1.64. The Kier molecular flexibility index (Phi) is 5.09. The molecule has 3 aromatic rings. The van der Waals surface area contributed by atoms with Crippen LogP contribution in [0.3, 0.4) is 0 Å². The van der Waals surface area contributed by atoms with Crippen molar-refractivity contribution in [1.29, 1.82) is 0 Å². The van der Waals surface area contributed by atoms with Crippen LogP contribution in [0.25, 0.3) is 22.3 Å². The molecule has 0 unspecified atom stereocenters. The molecule has 0 spiro atoms. The molecule has 0 saturated carbocycles. The zero-order chi connectivity index (χ0) is 18.8. The normalized spacial score (nSPS) is 12.3. The fraction of sp³-hybridized carbons (Fsp3) is 0.286. The molecule has 0 radical (unpaired) electrons. The van der Waals surface area contributed by atoms with Gasteiger partial charge >= 0.3 is 5.97 Å². The van der Waals surface area contributed by atoms with Crippen LogP contribution in [0, 0.1) is 12.7 Å². The number of aryl methyl sites for hydroxylation is 1. The third kappa shape index (κ3) is 3.22. The maximum absolute atomic E-state index is 13.3. The first-order chi connectivity index (χ1) is 12.5. The van der Waals surface area contributed by atoms with Gasteiger partial charge in [0.15, 0.2) is 0 Å². The minimum Gasteiger partial charge on any atom is -0.462 e. The molecule has 0 amide bonds. The van der Waals surface area contributed by atoms with E-state index in [-0.39, 0.29) is 18.5 Å². The van der Waals surface area contributed by atoms with Crippen LogP contribution in [0.2, 0.25) is 0 Å². The van der Waals surface area contributed by atoms with Crippen LogP contribution in [0.4, 0.5) is 4.39 Å². The number of fused-ring (bicyclic) bond motifs is 1. The molecule has 0 N–H and O–H groups in total. The van der Waals surface area contributed by atoms with Gasteiger partial charge in [0.25, 0.3) is 0 Å². The number of esters is 1. The van der Waals surface area contributed by atoms with Gasteiger partial charge in [-0.15, -0.1) is 0 Å². The van der Waals surface area contributed by atoms with Crippen molar-refractivity contribution < 1.29 is 23.1 Å². The molecule has 0 aliphatic heterocycles. The molecular formula is C21H21FO4. The van der Waals surface area contributed by atoms with Crippen LogP contribution in [0.5, 0.6) is 0 Å². The summed E-state index contributed by atoms with van der Waals surface area (Å²) >= 11 is 0. The molecule has 1 aromatic heterocycles. The highest BCUT2D eigenvalue weighted by Crippen LogP contribution is 2.37. The van der Waals surface area contributed by atoms with Crippen LogP contribution in [-0.4, -0.2) is 19.7 Å². The Labute approximate surface area is 151 Å². The van der Waals surface area contributed by atoms with E-state index in [1.165, 1.54) is 12.1 Å². The Morgan fingerprint density at radius 2 is 1.92 bits per heavy atom. The Hall–Kier alpha value is -2.66. The lowest BCUT2D eigenvalue weighted by Gasteiger charge is -2.13. The van der Waals surface area contributed by atoms with Crippen molar-refractivity contribution in [3.05, 3.63) is 58.9 Å². The number of ether oxygens (including phenoxy) is 2. The van der Waals surface area contributed by atoms with E-state index in [4.69, 9.17) is 13.9 Å². The third-order valence-electron chi connectivity index (χ3n) is 4.45. The molecule has 0 bridgehead atoms. The molecule has 26 heavy (non-hydrogen) atoms. The summed E-state index contributed by atoms with van der Waals surface area (Å²) in [4.78, 5) is 12.6. The predicted molar refractivity (Wildman–Crippen MR) is 97.7 cm³/mol. The largest absolute Gasteiger partial charge is 0.462 e. The van der Waals surface area contributed by atoms with Gasteiger partial charge in [0, 0.05) is 18.1 Å². The first-order valence-electron chi connectivity index (χ1n) is 8.49. The van der Waals surface area contributed by atoms with Crippen LogP contribution < -0.4 is 0 Å². The van der Waals surface area contributed by atoms with E-state index in [0.717, 1.165) is 11.1 Å². The Balaban J connectivity index is 2.28. The van der Waals surface area contributed by atoms with Crippen LogP contribution in [-0.2, 0) is 9.47 Å². The molecule has 4 nitrogen and oxygen atoms in total. The lowest BCUT2D eigenvalue weighted by molar-refractivity contribution is 0.0528. The molecule has 0 fully saturated rings. The highest BCUT2D eigenvalue weighted by atomic mass is 19.1. The lowest BCUT2D eigenvalue weighted by Crippen LogP contribution is -2.06. The van der Waals surface area contributed by atoms with E-state index in [1.54, 1.807) is 26.2 Å². The average Bonchev–Trinajstić information content (AvgIpc) is 2.99. The second kappa shape index (κ2) is 7.30. The SMILES string of the molecule is CCOC(=O)c1c(-c2ccc(F)cc2)oc2cc(C)c([C@@H](C)OC)cc12. The van der Waals surface area contributed by atoms with Gasteiger partial charge in [0.1, 0.15) is 22.7 Å². The van der Waals surface area contributed by atoms with Crippen molar-refractivity contribution in [2.75, 3.05) is 13.7 Å². The zero-order valence-corrected chi connectivity index (χ0v) is 15.3. The second-order valence-electron chi connectivity index (χ2n) is 6.12. The number of furan rings is 1. The first kappa shape index (κ1) is 18.1. The Morgan fingerprint density at radius 1 is 1.23 bits per heavy atom. The topological polar surface area (TPSA) is 48.7 Å². The fourth-order valence-corrected chi connectivity index (χ4v) is 3.04. The zero-order valence-electron chi connectivity index (χ0n) is 15.3. The minimum absolute atomic E-state index is 0.126. The molecule has 5 heteroatoms. The van der Waals surface area contributed by atoms with Gasteiger partial charge in [-0.2, -0.15) is 0 Å². The molecular weight excluding hydrogens is 335 g/mol. The quantitative estimate of drug-likeness (QED) is 0.572. The number of rotatable bonds is 5. The summed E-state index contributed by atoms with van der Waals surface area (Å²) in [5.41, 5.74) is 3.51. The number of benzene rings is 2. The van der Waals surface area contributed by atoms with Gasteiger partial charge in [-0.3, -0.25) is 0 Å². The summed E-state index contributed by atoms with van der Waals surface area (Å²) in [6.45, 7) is 5.91. The fourth-order valence-electron chi connectivity index (χ4n) is 3.04. The maximum Gasteiger partial charge on any atom is 0.342 e. The van der Waals surface area contributed by atoms with Crippen molar-refractivity contribution in [3.63, 3.8) is 0 Å². The standard InChI is InChI=1S/C21H21FO4/c1-5-25-21(23)19-17-11-16(13(3)24-4)12(2)10-18(17)26-20(19)14-6-8-15(22)9-7-14/h6-11,13H,5H2,1-4H3/t13-/m1/s1. The highest BCUT2D eigenvalue weighted by Gasteiger charge is 2.25. The smallest absolute Gasteiger partial charge is 0.342 e. The Morgan fingerprint density at radius 3 is 2.54 bits per heavy atom. The highest BCUT2D eigenvalue weighted by molar-refractivity contribution is 6.09. The predicted octanol–water partition coefficient (Wildman–Crippen LogP) is 5.43. The molecule has 3 rings (SSSR count). The number of methoxy groups -OCH3 is 1. The number of hydrogen-bond donors (Lipinski definition) is 0. The second-order valence-corrected chi connectivity index (χ2v) is 6.12. The Bertz CT molecular complexity index is 941. The molecule has 2 aromatic carbocycles. The van der Waals surface area contributed by atoms with Gasteiger partial charge in [-0.25, -0.2) is 9.18 Å². The van der Waals surface area contributed by atoms with E-state index >= 15 is 0 Å². The number of halogens is 1. The van der Waals surface area contributed by atoms with Gasteiger partial charge in [-0.1, -0.05) is 0 Å². The minimum atomic E-state index is -0.467. The summed E-state index contributed by atoms with van der Waals surface area (Å²) < 4.78 is 29.9. The van der Waals surface area contributed by atoms with Crippen LogP contribution >= 0.6 is 0 Å². The number of carbonyl (C=O) groups excluding carboxylic acids is 1. The molecule has 0 aliphatic rings. The van der Waals surface area contributed by atoms with Gasteiger partial charge in [0.2, 0.25) is 0 Å². The van der Waals surface area contributed by atoms with E-state index in [0.29, 0.717) is 27.9 Å². The van der Waals surface area contributed by atoms with E-state index in [9.17, 15) is 9.18 Å². The molecule has 0 saturated heterocycles. The summed E-state index contributed by atoms with van der Waals surface area (Å²) in [6, 6.07) is 9.63. The van der Waals surface area contributed by atoms with Gasteiger partial charge in [0.05, 0.1) is 12.7 Å². The van der Waals surface area contributed by atoms with E-state index in [2.05, 4.69) is 0 Å². The van der Waals surface area contributed by atoms with E-state index < -0.39 is 5.97 Å². The van der Waals surface area contributed by atoms with Crippen molar-refractivity contribution >= 4 is 16.9 Å². The molecule has 136 valence electrons. The molecule has 1 atom stereocenters. The number of hydrogen-bond acceptors (Lipinski definition) is 4. The van der Waals surface area contributed by atoms with E-state index in [1.807, 2.05) is 26.0 Å². The monoisotopic (exact) mass is 356 g/mol. The maximum atomic E-state index is 13.3. The van der Waals surface area contributed by atoms with Crippen molar-refractivity contribution in [3.8, 4) is 11.3 Å². The van der Waals surface area contributed by atoms with Crippen LogP contribution in [0.1, 0.15) is 41.4 Å². The molecule has 0 aliphatic carbocycles. The first-order valence-corrected chi connectivity index (χ1v) is 8.49. The average molecular weight is 356 g/mol. The van der Waals surface area contributed by atoms with Crippen molar-refractivity contribution in [2.24, 2.45) is 0 Å². The van der Waals surface area contributed by atoms with Crippen molar-refractivity contribution in [2.45, 2.75) is 26.9 Å². The molecule has 1 heterocycles. The van der Waals surface area contributed by atoms with Gasteiger partial charge < -0.3 is 13.9 Å². The summed E-state index contributed by atoms with van der Waals surface area (Å²) in [6.07, 6.45) is -0.126. The van der Waals surface area contributed by atoms with Crippen LogP contribution in [0.15, 0.2) is 40.8 Å². The summed E-state index contributed by atoms with van der Waals surface area (Å²) in [5.74, 6) is -0.444. The van der Waals surface area contributed by atoms with Gasteiger partial charge in [-0.05, 0) is 68.3 Å². The third-order valence-corrected chi connectivity index (χ3v) is 4.45. The number of carbonyl (C=O) groups is 1. The summed E-state index contributed by atoms with van der Waals surface area (Å²) in [5, 5.41) is 0.660.